The molecule has 4 aromatic rings. The molecule has 2 aromatic carbocycles. The van der Waals surface area contributed by atoms with Crippen LogP contribution in [0.4, 0.5) is 18.9 Å². The van der Waals surface area contributed by atoms with E-state index in [4.69, 9.17) is 11.6 Å². The number of hydrogen-bond acceptors (Lipinski definition) is 5. The lowest BCUT2D eigenvalue weighted by atomic mass is 10.3. The second kappa shape index (κ2) is 8.56. The number of benzene rings is 2. The Hall–Kier alpha value is -3.11. The van der Waals surface area contributed by atoms with Gasteiger partial charge < -0.3 is 5.32 Å². The number of anilines is 1. The van der Waals surface area contributed by atoms with Crippen molar-refractivity contribution in [3.8, 4) is 5.69 Å². The number of thioether (sulfide) groups is 1. The zero-order valence-corrected chi connectivity index (χ0v) is 17.2. The molecule has 0 atom stereocenters. The predicted molar refractivity (Wildman–Crippen MR) is 112 cm³/mol. The highest BCUT2D eigenvalue weighted by Gasteiger charge is 2.36. The monoisotopic (exact) mass is 463 g/mol. The van der Waals surface area contributed by atoms with Crippen LogP contribution in [0, 0.1) is 0 Å². The van der Waals surface area contributed by atoms with Crippen LogP contribution in [0.2, 0.25) is 5.02 Å². The van der Waals surface area contributed by atoms with Gasteiger partial charge in [-0.05, 0) is 30.3 Å². The summed E-state index contributed by atoms with van der Waals surface area (Å²) in [5, 5.41) is 7.60. The molecular weight excluding hydrogens is 451 g/mol. The molecule has 0 unspecified atom stereocenters. The highest BCUT2D eigenvalue weighted by Crippen LogP contribution is 2.33. The summed E-state index contributed by atoms with van der Waals surface area (Å²) in [6, 6.07) is 15.2. The van der Waals surface area contributed by atoms with Crippen LogP contribution in [0.25, 0.3) is 16.7 Å². The molecule has 31 heavy (non-hydrogen) atoms. The topological polar surface area (TPSA) is 72.7 Å². The third-order valence-corrected chi connectivity index (χ3v) is 5.32. The van der Waals surface area contributed by atoms with Crippen LogP contribution >= 0.6 is 23.4 Å². The fourth-order valence-corrected chi connectivity index (χ4v) is 3.76. The maximum Gasteiger partial charge on any atom is 0.451 e. The fourth-order valence-electron chi connectivity index (χ4n) is 2.77. The van der Waals surface area contributed by atoms with Crippen LogP contribution in [0.3, 0.4) is 0 Å². The standard InChI is InChI=1S/C20H13ClF3N5OS/c21-12-5-4-6-13(9-12)26-16(30)11-31-18-15-10-25-29(14-7-2-1-3-8-14)17(15)27-19(28-18)20(22,23)24/h1-10H,11H2,(H,26,30). The molecule has 0 aliphatic carbocycles. The van der Waals surface area contributed by atoms with Gasteiger partial charge in [-0.15, -0.1) is 0 Å². The molecule has 4 rings (SSSR count). The van der Waals surface area contributed by atoms with E-state index in [0.29, 0.717) is 21.8 Å². The second-order valence-corrected chi connectivity index (χ2v) is 7.73. The molecule has 0 bridgehead atoms. The van der Waals surface area contributed by atoms with Gasteiger partial charge in [0.05, 0.1) is 23.0 Å². The number of nitrogens with zero attached hydrogens (tertiary/aromatic N) is 4. The molecule has 0 saturated carbocycles. The maximum atomic E-state index is 13.4. The van der Waals surface area contributed by atoms with Gasteiger partial charge in [-0.3, -0.25) is 4.79 Å². The minimum absolute atomic E-state index is 0.00581. The van der Waals surface area contributed by atoms with Crippen molar-refractivity contribution in [2.24, 2.45) is 0 Å². The molecule has 158 valence electrons. The summed E-state index contributed by atoms with van der Waals surface area (Å²) >= 11 is 6.76. The molecule has 2 heterocycles. The van der Waals surface area contributed by atoms with Gasteiger partial charge in [-0.2, -0.15) is 18.3 Å². The summed E-state index contributed by atoms with van der Waals surface area (Å²) in [5.41, 5.74) is 1.05. The van der Waals surface area contributed by atoms with Gasteiger partial charge in [-0.1, -0.05) is 47.6 Å². The quantitative estimate of drug-likeness (QED) is 0.324. The molecule has 0 radical (unpaired) electrons. The Kier molecular flexibility index (Phi) is 5.84. The minimum Gasteiger partial charge on any atom is -0.325 e. The average molecular weight is 464 g/mol. The smallest absolute Gasteiger partial charge is 0.325 e. The minimum atomic E-state index is -4.75. The molecule has 0 fully saturated rings. The van der Waals surface area contributed by atoms with Crippen molar-refractivity contribution >= 4 is 46.0 Å². The van der Waals surface area contributed by atoms with E-state index in [9.17, 15) is 18.0 Å². The fraction of sp³-hybridized carbons (Fsp3) is 0.100. The van der Waals surface area contributed by atoms with Crippen molar-refractivity contribution in [2.45, 2.75) is 11.2 Å². The first-order valence-electron chi connectivity index (χ1n) is 8.88. The lowest BCUT2D eigenvalue weighted by Gasteiger charge is -2.10. The molecule has 1 amide bonds. The third-order valence-electron chi connectivity index (χ3n) is 4.10. The van der Waals surface area contributed by atoms with Gasteiger partial charge in [0.25, 0.3) is 0 Å². The van der Waals surface area contributed by atoms with Gasteiger partial charge in [0, 0.05) is 10.7 Å². The van der Waals surface area contributed by atoms with Gasteiger partial charge in [0.2, 0.25) is 11.7 Å². The van der Waals surface area contributed by atoms with Crippen LogP contribution in [0.5, 0.6) is 0 Å². The summed E-state index contributed by atoms with van der Waals surface area (Å²) in [7, 11) is 0. The normalized spacial score (nSPS) is 11.6. The molecule has 1 N–H and O–H groups in total. The van der Waals surface area contributed by atoms with Gasteiger partial charge in [-0.25, -0.2) is 14.6 Å². The number of carbonyl (C=O) groups is 1. The first kappa shape index (κ1) is 21.1. The number of alkyl halides is 3. The zero-order chi connectivity index (χ0) is 22.0. The van der Waals surface area contributed by atoms with Crippen molar-refractivity contribution in [1.29, 1.82) is 0 Å². The van der Waals surface area contributed by atoms with E-state index < -0.39 is 17.9 Å². The Morgan fingerprint density at radius 2 is 1.87 bits per heavy atom. The van der Waals surface area contributed by atoms with E-state index in [2.05, 4.69) is 20.4 Å². The number of carbonyl (C=O) groups excluding carboxylic acids is 1. The summed E-state index contributed by atoms with van der Waals surface area (Å²) in [5.74, 6) is -1.87. The Balaban J connectivity index is 1.65. The number of para-hydroxylation sites is 1. The van der Waals surface area contributed by atoms with Crippen molar-refractivity contribution in [3.63, 3.8) is 0 Å². The van der Waals surface area contributed by atoms with E-state index in [1.54, 1.807) is 54.6 Å². The lowest BCUT2D eigenvalue weighted by Crippen LogP contribution is -2.15. The Morgan fingerprint density at radius 3 is 2.58 bits per heavy atom. The number of halogens is 4. The van der Waals surface area contributed by atoms with Gasteiger partial charge in [0.15, 0.2) is 5.65 Å². The number of nitrogens with one attached hydrogen (secondary N) is 1. The average Bonchev–Trinajstić information content (AvgIpc) is 3.16. The van der Waals surface area contributed by atoms with E-state index >= 15 is 0 Å². The first-order chi connectivity index (χ1) is 14.8. The van der Waals surface area contributed by atoms with Crippen LogP contribution < -0.4 is 5.32 Å². The predicted octanol–water partition coefficient (Wildman–Crippen LogP) is 5.22. The highest BCUT2D eigenvalue weighted by molar-refractivity contribution is 8.00. The molecule has 11 heteroatoms. The zero-order valence-electron chi connectivity index (χ0n) is 15.6. The van der Waals surface area contributed by atoms with Crippen molar-refractivity contribution in [3.05, 3.63) is 71.6 Å². The van der Waals surface area contributed by atoms with Gasteiger partial charge >= 0.3 is 6.18 Å². The summed E-state index contributed by atoms with van der Waals surface area (Å²) in [6.45, 7) is 0. The highest BCUT2D eigenvalue weighted by atomic mass is 35.5. The van der Waals surface area contributed by atoms with Crippen molar-refractivity contribution in [2.75, 3.05) is 11.1 Å². The van der Waals surface area contributed by atoms with Crippen LogP contribution in [0.15, 0.2) is 65.8 Å². The maximum absolute atomic E-state index is 13.4. The number of amides is 1. The number of fused-ring (bicyclic) bond motifs is 1. The first-order valence-corrected chi connectivity index (χ1v) is 10.2. The molecule has 6 nitrogen and oxygen atoms in total. The third kappa shape index (κ3) is 4.80. The molecule has 0 spiro atoms. The molecular formula is C20H13ClF3N5OS. The molecule has 2 aromatic heterocycles. The lowest BCUT2D eigenvalue weighted by molar-refractivity contribution is -0.145. The molecule has 0 aliphatic heterocycles. The summed E-state index contributed by atoms with van der Waals surface area (Å²) in [4.78, 5) is 19.6. The second-order valence-electron chi connectivity index (χ2n) is 6.33. The number of rotatable bonds is 5. The Bertz CT molecular complexity index is 1250. The Labute approximate surface area is 183 Å². The van der Waals surface area contributed by atoms with Crippen LogP contribution in [-0.4, -0.2) is 31.4 Å². The van der Waals surface area contributed by atoms with E-state index in [0.717, 1.165) is 11.8 Å². The number of hydrogen-bond donors (Lipinski definition) is 1. The van der Waals surface area contributed by atoms with Gasteiger partial charge in [0.1, 0.15) is 5.03 Å². The van der Waals surface area contributed by atoms with Crippen molar-refractivity contribution < 1.29 is 18.0 Å². The van der Waals surface area contributed by atoms with Crippen molar-refractivity contribution in [1.82, 2.24) is 19.7 Å². The largest absolute Gasteiger partial charge is 0.451 e. The SMILES string of the molecule is O=C(CSc1nc(C(F)(F)F)nc2c1cnn2-c1ccccc1)Nc1cccc(Cl)c1. The molecule has 0 aliphatic rings. The molecule has 0 saturated heterocycles. The number of aromatic nitrogens is 4. The summed E-state index contributed by atoms with van der Waals surface area (Å²) in [6.07, 6.45) is -3.36. The van der Waals surface area contributed by atoms with Crippen LogP contribution in [0.1, 0.15) is 5.82 Å². The van der Waals surface area contributed by atoms with Crippen LogP contribution in [-0.2, 0) is 11.0 Å². The summed E-state index contributed by atoms with van der Waals surface area (Å²) < 4.78 is 41.5. The van der Waals surface area contributed by atoms with E-state index in [-0.39, 0.29) is 16.4 Å². The van der Waals surface area contributed by atoms with E-state index in [1.165, 1.54) is 10.9 Å². The van der Waals surface area contributed by atoms with E-state index in [1.807, 2.05) is 0 Å². The Morgan fingerprint density at radius 1 is 1.10 bits per heavy atom.